The molecule has 9 aromatic rings. The minimum atomic E-state index is -1.18. The first-order chi connectivity index (χ1) is 25.5. The van der Waals surface area contributed by atoms with Gasteiger partial charge in [-0.05, 0) is 90.8 Å². The summed E-state index contributed by atoms with van der Waals surface area (Å²) in [5.74, 6) is -0.304. The molecule has 6 heteroatoms. The van der Waals surface area contributed by atoms with Crippen LogP contribution in [0.15, 0.2) is 152 Å². The number of benzene rings is 7. The summed E-state index contributed by atoms with van der Waals surface area (Å²) in [5, 5.41) is 25.9. The van der Waals surface area contributed by atoms with Crippen LogP contribution >= 0.6 is 0 Å². The molecule has 0 spiro atoms. The minimum Gasteiger partial charge on any atom is -0.369 e. The summed E-state index contributed by atoms with van der Waals surface area (Å²) in [4.78, 5) is 15.2. The van der Waals surface area contributed by atoms with Crippen molar-refractivity contribution >= 4 is 55.2 Å². The number of amides is 1. The van der Waals surface area contributed by atoms with Crippen molar-refractivity contribution in [2.75, 3.05) is 4.90 Å². The zero-order valence-corrected chi connectivity index (χ0v) is 28.2. The Bertz CT molecular complexity index is 2980. The third kappa shape index (κ3) is 4.30. The van der Waals surface area contributed by atoms with Crippen molar-refractivity contribution in [2.45, 2.75) is 13.2 Å². The SMILES string of the molecule is Cc1ccc(-n2c3ccccc3c3cc(-c4ccc5c(c4)c4ccccc4n5-c4ccc(C#N)cc4N4C(=O)c5ccccc5C4O)ccc32)cc1. The third-order valence-electron chi connectivity index (χ3n) is 10.5. The number of anilines is 1. The first-order valence-electron chi connectivity index (χ1n) is 17.3. The molecule has 1 unspecified atom stereocenters. The molecule has 6 nitrogen and oxygen atoms in total. The lowest BCUT2D eigenvalue weighted by Crippen LogP contribution is -2.28. The van der Waals surface area contributed by atoms with Gasteiger partial charge in [0, 0.05) is 38.4 Å². The smallest absolute Gasteiger partial charge is 0.261 e. The van der Waals surface area contributed by atoms with E-state index in [4.69, 9.17) is 0 Å². The van der Waals surface area contributed by atoms with E-state index in [0.29, 0.717) is 28.1 Å². The first kappa shape index (κ1) is 29.9. The van der Waals surface area contributed by atoms with E-state index >= 15 is 0 Å². The van der Waals surface area contributed by atoms with Crippen LogP contribution in [0, 0.1) is 18.3 Å². The summed E-state index contributed by atoms with van der Waals surface area (Å²) in [6.07, 6.45) is -1.18. The summed E-state index contributed by atoms with van der Waals surface area (Å²) in [6, 6.07) is 53.3. The molecule has 1 amide bonds. The Labute approximate surface area is 299 Å². The van der Waals surface area contributed by atoms with Gasteiger partial charge < -0.3 is 14.2 Å². The Hall–Kier alpha value is -6.94. The number of rotatable bonds is 4. The maximum Gasteiger partial charge on any atom is 0.261 e. The summed E-state index contributed by atoms with van der Waals surface area (Å²) in [5.41, 5.74) is 11.4. The average molecular weight is 671 g/mol. The van der Waals surface area contributed by atoms with E-state index < -0.39 is 6.23 Å². The van der Waals surface area contributed by atoms with Gasteiger partial charge in [0.25, 0.3) is 5.91 Å². The van der Waals surface area contributed by atoms with E-state index in [0.717, 1.165) is 44.1 Å². The Morgan fingerprint density at radius 2 is 1.15 bits per heavy atom. The largest absolute Gasteiger partial charge is 0.369 e. The van der Waals surface area contributed by atoms with Crippen molar-refractivity contribution in [3.05, 3.63) is 174 Å². The van der Waals surface area contributed by atoms with Crippen molar-refractivity contribution in [1.82, 2.24) is 9.13 Å². The monoisotopic (exact) mass is 670 g/mol. The second-order valence-electron chi connectivity index (χ2n) is 13.5. The number of aryl methyl sites for hydroxylation is 1. The number of hydrogen-bond donors (Lipinski definition) is 1. The summed E-state index contributed by atoms with van der Waals surface area (Å²) < 4.78 is 4.47. The van der Waals surface area contributed by atoms with E-state index in [1.807, 2.05) is 24.3 Å². The van der Waals surface area contributed by atoms with Gasteiger partial charge in [0.1, 0.15) is 0 Å². The quantitative estimate of drug-likeness (QED) is 0.203. The zero-order valence-electron chi connectivity index (χ0n) is 28.2. The first-order valence-corrected chi connectivity index (χ1v) is 17.3. The number of carbonyl (C=O) groups is 1. The molecule has 3 heterocycles. The van der Waals surface area contributed by atoms with Crippen LogP contribution in [0.5, 0.6) is 0 Å². The van der Waals surface area contributed by atoms with Crippen molar-refractivity contribution in [2.24, 2.45) is 0 Å². The molecule has 0 saturated carbocycles. The number of para-hydroxylation sites is 2. The van der Waals surface area contributed by atoms with Gasteiger partial charge in [-0.2, -0.15) is 5.26 Å². The van der Waals surface area contributed by atoms with Crippen LogP contribution in [-0.4, -0.2) is 20.1 Å². The highest BCUT2D eigenvalue weighted by Gasteiger charge is 2.38. The lowest BCUT2D eigenvalue weighted by Gasteiger charge is -2.25. The van der Waals surface area contributed by atoms with E-state index in [-0.39, 0.29) is 5.91 Å². The Kier molecular flexibility index (Phi) is 6.50. The van der Waals surface area contributed by atoms with Crippen LogP contribution < -0.4 is 4.90 Å². The molecule has 0 aliphatic carbocycles. The fourth-order valence-electron chi connectivity index (χ4n) is 8.05. The summed E-state index contributed by atoms with van der Waals surface area (Å²) >= 11 is 0. The zero-order chi connectivity index (χ0) is 35.1. The normalized spacial score (nSPS) is 14.1. The molecule has 1 N–H and O–H groups in total. The average Bonchev–Trinajstić information content (AvgIpc) is 3.79. The number of aromatic nitrogens is 2. The van der Waals surface area contributed by atoms with Crippen molar-refractivity contribution in [3.63, 3.8) is 0 Å². The van der Waals surface area contributed by atoms with Crippen molar-refractivity contribution in [3.8, 4) is 28.6 Å². The van der Waals surface area contributed by atoms with Gasteiger partial charge >= 0.3 is 0 Å². The van der Waals surface area contributed by atoms with E-state index in [2.05, 4.69) is 119 Å². The number of nitriles is 1. The highest BCUT2D eigenvalue weighted by atomic mass is 16.3. The fraction of sp³-hybridized carbons (Fsp3) is 0.0435. The van der Waals surface area contributed by atoms with Crippen LogP contribution in [-0.2, 0) is 0 Å². The second-order valence-corrected chi connectivity index (χ2v) is 13.5. The fourth-order valence-corrected chi connectivity index (χ4v) is 8.05. The molecule has 1 aliphatic rings. The number of carbonyl (C=O) groups excluding carboxylic acids is 1. The molecule has 246 valence electrons. The van der Waals surface area contributed by atoms with Crippen LogP contribution in [0.1, 0.15) is 33.3 Å². The molecule has 2 aromatic heterocycles. The molecule has 1 aliphatic heterocycles. The molecule has 0 radical (unpaired) electrons. The highest BCUT2D eigenvalue weighted by molar-refractivity contribution is 6.15. The maximum atomic E-state index is 13.8. The Morgan fingerprint density at radius 1 is 0.577 bits per heavy atom. The van der Waals surface area contributed by atoms with Gasteiger partial charge in [-0.25, -0.2) is 0 Å². The second kappa shape index (κ2) is 11.3. The van der Waals surface area contributed by atoms with Gasteiger partial charge in [-0.3, -0.25) is 9.69 Å². The molecule has 0 saturated heterocycles. The lowest BCUT2D eigenvalue weighted by atomic mass is 10.0. The standard InChI is InChI=1S/C46H30N4O2/c1-28-14-19-32(20-15-28)48-39-12-6-4-8-33(39)37-25-30(17-22-41(37)48)31-18-23-42-38(26-31)34-9-5-7-13-40(34)49(42)43-21-16-29(27-47)24-44(43)50-45(51)35-10-2-3-11-36(35)46(50)52/h2-26,45,51H,1H3. The molecule has 0 fully saturated rings. The third-order valence-corrected chi connectivity index (χ3v) is 10.5. The summed E-state index contributed by atoms with van der Waals surface area (Å²) in [7, 11) is 0. The van der Waals surface area contributed by atoms with Gasteiger partial charge in [0.05, 0.1) is 45.1 Å². The van der Waals surface area contributed by atoms with Gasteiger partial charge in [0.2, 0.25) is 0 Å². The predicted octanol–water partition coefficient (Wildman–Crippen LogP) is 10.4. The van der Waals surface area contributed by atoms with Crippen LogP contribution in [0.25, 0.3) is 66.1 Å². The molecule has 52 heavy (non-hydrogen) atoms. The van der Waals surface area contributed by atoms with E-state index in [1.54, 1.807) is 30.3 Å². The lowest BCUT2D eigenvalue weighted by molar-refractivity contribution is 0.0935. The van der Waals surface area contributed by atoms with Crippen molar-refractivity contribution in [1.29, 1.82) is 5.26 Å². The van der Waals surface area contributed by atoms with Gasteiger partial charge in [0.15, 0.2) is 6.23 Å². The molecule has 7 aromatic carbocycles. The number of hydrogen-bond acceptors (Lipinski definition) is 3. The molecular formula is C46H30N4O2. The summed E-state index contributed by atoms with van der Waals surface area (Å²) in [6.45, 7) is 2.11. The molecule has 10 rings (SSSR count). The number of nitrogens with zero attached hydrogens (tertiary/aromatic N) is 4. The Balaban J connectivity index is 1.16. The predicted molar refractivity (Wildman–Crippen MR) is 208 cm³/mol. The molecule has 0 bridgehead atoms. The van der Waals surface area contributed by atoms with Gasteiger partial charge in [-0.1, -0.05) is 84.4 Å². The maximum absolute atomic E-state index is 13.8. The number of aliphatic hydroxyl groups excluding tert-OH is 1. The van der Waals surface area contributed by atoms with E-state index in [9.17, 15) is 15.2 Å². The highest BCUT2D eigenvalue weighted by Crippen LogP contribution is 2.43. The number of aliphatic hydroxyl groups is 1. The van der Waals surface area contributed by atoms with Crippen LogP contribution in [0.4, 0.5) is 5.69 Å². The topological polar surface area (TPSA) is 74.2 Å². The van der Waals surface area contributed by atoms with Crippen LogP contribution in [0.2, 0.25) is 0 Å². The molecular weight excluding hydrogens is 641 g/mol. The minimum absolute atomic E-state index is 0.304. The van der Waals surface area contributed by atoms with Crippen LogP contribution in [0.3, 0.4) is 0 Å². The number of fused-ring (bicyclic) bond motifs is 7. The van der Waals surface area contributed by atoms with E-state index in [1.165, 1.54) is 26.8 Å². The Morgan fingerprint density at radius 3 is 1.81 bits per heavy atom. The molecule has 1 atom stereocenters. The van der Waals surface area contributed by atoms with Crippen molar-refractivity contribution < 1.29 is 9.90 Å². The van der Waals surface area contributed by atoms with Gasteiger partial charge in [-0.15, -0.1) is 0 Å².